The van der Waals surface area contributed by atoms with E-state index >= 15 is 0 Å². The van der Waals surface area contributed by atoms with Gasteiger partial charge in [0.25, 0.3) is 31.9 Å². The second kappa shape index (κ2) is 5.19. The molecule has 133 valence electrons. The highest BCUT2D eigenvalue weighted by Crippen LogP contribution is 2.33. The summed E-state index contributed by atoms with van der Waals surface area (Å²) in [6.07, 6.45) is 0. The van der Waals surface area contributed by atoms with E-state index in [9.17, 15) is 31.0 Å². The van der Waals surface area contributed by atoms with E-state index in [2.05, 4.69) is 0 Å². The van der Waals surface area contributed by atoms with Crippen molar-refractivity contribution >= 4 is 50.3 Å². The van der Waals surface area contributed by atoms with Crippen LogP contribution in [0.1, 0.15) is 20.7 Å². The van der Waals surface area contributed by atoms with Gasteiger partial charge in [-0.1, -0.05) is 12.1 Å². The first-order chi connectivity index (χ1) is 12.1. The third-order valence-corrected chi connectivity index (χ3v) is 8.69. The van der Waals surface area contributed by atoms with Gasteiger partial charge in [0.05, 0.1) is 21.7 Å². The standard InChI is InChI=1S/C14H8N2O7PS2/c17-13-7-3-1-5-9(11(7)25(20,21)15-13)24(19)10-6-2-4-8-12(10)26(22,23)16-14(8)18/h1-6H,(H,15,17)(H,16,18). The topological polar surface area (TPSA) is 144 Å². The van der Waals surface area contributed by atoms with E-state index < -0.39 is 49.5 Å². The predicted molar refractivity (Wildman–Crippen MR) is 89.1 cm³/mol. The lowest BCUT2D eigenvalue weighted by Gasteiger charge is -2.09. The van der Waals surface area contributed by atoms with Crippen LogP contribution in [-0.2, 0) is 24.6 Å². The molecule has 0 saturated heterocycles. The van der Waals surface area contributed by atoms with E-state index in [-0.39, 0.29) is 21.7 Å². The van der Waals surface area contributed by atoms with Crippen LogP contribution >= 0.6 is 7.80 Å². The van der Waals surface area contributed by atoms with Gasteiger partial charge in [-0.05, 0) is 24.3 Å². The predicted octanol–water partition coefficient (Wildman–Crippen LogP) is -0.671. The van der Waals surface area contributed by atoms with Crippen molar-refractivity contribution in [2.75, 3.05) is 0 Å². The van der Waals surface area contributed by atoms with E-state index in [0.717, 1.165) is 0 Å². The molecule has 0 atom stereocenters. The lowest BCUT2D eigenvalue weighted by Crippen LogP contribution is -2.24. The first-order valence-corrected chi connectivity index (χ1v) is 11.2. The third kappa shape index (κ3) is 2.21. The number of hydrogen-bond acceptors (Lipinski definition) is 7. The number of nitrogens with one attached hydrogen (secondary N) is 2. The van der Waals surface area contributed by atoms with Crippen LogP contribution in [0, 0.1) is 0 Å². The highest BCUT2D eigenvalue weighted by molar-refractivity contribution is 7.92. The summed E-state index contributed by atoms with van der Waals surface area (Å²) in [4.78, 5) is 22.7. The summed E-state index contributed by atoms with van der Waals surface area (Å²) < 4.78 is 65.4. The minimum absolute atomic E-state index is 0.171. The van der Waals surface area contributed by atoms with E-state index in [4.69, 9.17) is 0 Å². The molecule has 2 aliphatic rings. The zero-order valence-corrected chi connectivity index (χ0v) is 15.1. The average Bonchev–Trinajstić information content (AvgIpc) is 2.96. The van der Waals surface area contributed by atoms with Crippen LogP contribution in [0.4, 0.5) is 0 Å². The number of amides is 2. The molecule has 0 spiro atoms. The van der Waals surface area contributed by atoms with Crippen molar-refractivity contribution in [1.29, 1.82) is 0 Å². The lowest BCUT2D eigenvalue weighted by atomic mass is 10.2. The molecular weight excluding hydrogens is 403 g/mol. The largest absolute Gasteiger partial charge is 0.276 e. The second-order valence-corrected chi connectivity index (χ2v) is 10.3. The molecule has 1 radical (unpaired) electrons. The van der Waals surface area contributed by atoms with E-state index in [1.807, 2.05) is 0 Å². The molecule has 2 amide bonds. The molecule has 0 fully saturated rings. The number of benzene rings is 2. The summed E-state index contributed by atoms with van der Waals surface area (Å²) in [7, 11) is -11.1. The van der Waals surface area contributed by atoms with Gasteiger partial charge in [-0.2, -0.15) is 0 Å². The molecule has 2 heterocycles. The molecule has 0 saturated carbocycles. The molecule has 0 bridgehead atoms. The summed E-state index contributed by atoms with van der Waals surface area (Å²) in [5.41, 5.74) is -0.342. The van der Waals surface area contributed by atoms with Crippen molar-refractivity contribution < 1.29 is 31.0 Å². The molecule has 4 rings (SSSR count). The number of carbonyl (C=O) groups excluding carboxylic acids is 2. The van der Waals surface area contributed by atoms with Crippen molar-refractivity contribution in [3.8, 4) is 0 Å². The summed E-state index contributed by atoms with van der Waals surface area (Å²) in [5.74, 6) is -1.71. The Morgan fingerprint density at radius 1 is 0.692 bits per heavy atom. The smallest absolute Gasteiger partial charge is 0.266 e. The van der Waals surface area contributed by atoms with Crippen LogP contribution < -0.4 is 20.1 Å². The van der Waals surface area contributed by atoms with Gasteiger partial charge < -0.3 is 0 Å². The molecule has 2 aromatic carbocycles. The summed E-state index contributed by atoms with van der Waals surface area (Å²) >= 11 is 0. The molecule has 2 N–H and O–H groups in total. The monoisotopic (exact) mass is 411 g/mol. The van der Waals surface area contributed by atoms with E-state index in [0.29, 0.717) is 0 Å². The summed E-state index contributed by atoms with van der Waals surface area (Å²) in [5, 5.41) is -0.419. The SMILES string of the molecule is O=C1NS(=O)(=O)c2c1cccc2[P](=O)c1cccc2c1S(=O)(=O)NC2=O. The van der Waals surface area contributed by atoms with Crippen LogP contribution in [-0.4, -0.2) is 28.6 Å². The Hall–Kier alpha value is -2.62. The number of hydrogen-bond donors (Lipinski definition) is 2. The molecule has 2 aliphatic heterocycles. The molecule has 2 aromatic rings. The fourth-order valence-electron chi connectivity index (χ4n) is 2.88. The van der Waals surface area contributed by atoms with Crippen molar-refractivity contribution in [3.05, 3.63) is 47.5 Å². The molecule has 0 aliphatic carbocycles. The van der Waals surface area contributed by atoms with Gasteiger partial charge in [-0.15, -0.1) is 0 Å². The molecule has 0 unspecified atom stereocenters. The van der Waals surface area contributed by atoms with Gasteiger partial charge in [-0.3, -0.25) is 14.2 Å². The highest BCUT2D eigenvalue weighted by atomic mass is 32.2. The van der Waals surface area contributed by atoms with Gasteiger partial charge in [0.2, 0.25) is 0 Å². The minimum atomic E-state index is -4.21. The first-order valence-electron chi connectivity index (χ1n) is 7.01. The van der Waals surface area contributed by atoms with Crippen LogP contribution in [0.25, 0.3) is 0 Å². The maximum atomic E-state index is 13.1. The summed E-state index contributed by atoms with van der Waals surface area (Å²) in [6.45, 7) is 0. The lowest BCUT2D eigenvalue weighted by molar-refractivity contribution is 0.0976. The number of rotatable bonds is 2. The van der Waals surface area contributed by atoms with Crippen molar-refractivity contribution in [2.24, 2.45) is 0 Å². The second-order valence-electron chi connectivity index (χ2n) is 5.47. The van der Waals surface area contributed by atoms with Crippen LogP contribution in [0.3, 0.4) is 0 Å². The molecule has 12 heteroatoms. The molecule has 0 aromatic heterocycles. The van der Waals surface area contributed by atoms with Gasteiger partial charge in [0, 0.05) is 0 Å². The normalized spacial score (nSPS) is 18.6. The van der Waals surface area contributed by atoms with Crippen molar-refractivity contribution in [3.63, 3.8) is 0 Å². The third-order valence-electron chi connectivity index (χ3n) is 3.91. The van der Waals surface area contributed by atoms with Gasteiger partial charge in [0.1, 0.15) is 17.6 Å². The fraction of sp³-hybridized carbons (Fsp3) is 0. The van der Waals surface area contributed by atoms with Crippen molar-refractivity contribution in [1.82, 2.24) is 9.44 Å². The van der Waals surface area contributed by atoms with Gasteiger partial charge >= 0.3 is 0 Å². The Balaban J connectivity index is 2.00. The van der Waals surface area contributed by atoms with E-state index in [1.165, 1.54) is 36.4 Å². The Bertz CT molecular complexity index is 1170. The maximum absolute atomic E-state index is 13.1. The Kier molecular flexibility index (Phi) is 3.36. The van der Waals surface area contributed by atoms with E-state index in [1.54, 1.807) is 9.44 Å². The molecule has 26 heavy (non-hydrogen) atoms. The van der Waals surface area contributed by atoms with Crippen molar-refractivity contribution in [2.45, 2.75) is 9.79 Å². The number of carbonyl (C=O) groups is 2. The van der Waals surface area contributed by atoms with Crippen LogP contribution in [0.2, 0.25) is 0 Å². The Morgan fingerprint density at radius 3 is 1.46 bits per heavy atom. The Morgan fingerprint density at radius 2 is 1.08 bits per heavy atom. The maximum Gasteiger partial charge on any atom is 0.266 e. The fourth-order valence-corrected chi connectivity index (χ4v) is 7.91. The highest BCUT2D eigenvalue weighted by Gasteiger charge is 2.40. The number of sulfonamides is 2. The minimum Gasteiger partial charge on any atom is -0.276 e. The molecular formula is C14H8N2O7PS2. The van der Waals surface area contributed by atoms with Gasteiger partial charge in [0.15, 0.2) is 0 Å². The zero-order valence-electron chi connectivity index (χ0n) is 12.6. The summed E-state index contributed by atoms with van der Waals surface area (Å²) in [6, 6.07) is 7.71. The molecule has 9 nitrogen and oxygen atoms in total. The van der Waals surface area contributed by atoms with Gasteiger partial charge in [-0.25, -0.2) is 26.3 Å². The van der Waals surface area contributed by atoms with Crippen LogP contribution in [0.5, 0.6) is 0 Å². The first kappa shape index (κ1) is 16.8. The Labute approximate surface area is 148 Å². The quantitative estimate of drug-likeness (QED) is 0.624. The zero-order chi connectivity index (χ0) is 18.9. The van der Waals surface area contributed by atoms with Crippen LogP contribution in [0.15, 0.2) is 46.2 Å². The number of fused-ring (bicyclic) bond motifs is 2. The average molecular weight is 411 g/mol.